The number of hydrogen-bond donors (Lipinski definition) is 0. The van der Waals surface area contributed by atoms with E-state index in [0.717, 1.165) is 6.08 Å². The number of anilines is 1. The molecule has 10 heteroatoms. The SMILES string of the molecule is Cn1ccc(/C=C2/C(=O)N(c3ccccc3)N=C2C(F)(F)C(F)(F)F)n1. The van der Waals surface area contributed by atoms with Gasteiger partial charge in [0, 0.05) is 13.2 Å². The van der Waals surface area contributed by atoms with E-state index >= 15 is 0 Å². The van der Waals surface area contributed by atoms with Crippen LogP contribution in [-0.4, -0.2) is 33.5 Å². The van der Waals surface area contributed by atoms with E-state index in [1.165, 1.54) is 48.3 Å². The van der Waals surface area contributed by atoms with Crippen molar-refractivity contribution in [2.24, 2.45) is 12.1 Å². The maximum atomic E-state index is 14.0. The summed E-state index contributed by atoms with van der Waals surface area (Å²) in [5.74, 6) is -6.40. The number of halogens is 5. The van der Waals surface area contributed by atoms with E-state index in [0.29, 0.717) is 5.01 Å². The molecule has 3 rings (SSSR count). The van der Waals surface area contributed by atoms with Crippen LogP contribution in [0.4, 0.5) is 27.6 Å². The number of para-hydroxylation sites is 1. The summed E-state index contributed by atoms with van der Waals surface area (Å²) in [7, 11) is 1.54. The van der Waals surface area contributed by atoms with Gasteiger partial charge in [-0.15, -0.1) is 0 Å². The molecule has 0 spiro atoms. The molecular weight excluding hydrogens is 359 g/mol. The molecule has 0 bridgehead atoms. The van der Waals surface area contributed by atoms with E-state index in [-0.39, 0.29) is 11.4 Å². The lowest BCUT2D eigenvalue weighted by Gasteiger charge is -2.19. The molecular formula is C16H11F5N4O. The number of hydrazone groups is 1. The van der Waals surface area contributed by atoms with Gasteiger partial charge in [0.2, 0.25) is 0 Å². The normalized spacial score (nSPS) is 17.2. The molecule has 0 fully saturated rings. The zero-order valence-electron chi connectivity index (χ0n) is 13.2. The maximum absolute atomic E-state index is 14.0. The third-order valence-electron chi connectivity index (χ3n) is 3.56. The van der Waals surface area contributed by atoms with Gasteiger partial charge in [-0.3, -0.25) is 9.48 Å². The Hall–Kier alpha value is -3.04. The van der Waals surface area contributed by atoms with Crippen LogP contribution in [0.25, 0.3) is 6.08 Å². The molecule has 0 unspecified atom stereocenters. The fraction of sp³-hybridized carbons (Fsp3) is 0.188. The molecule has 1 aromatic carbocycles. The number of alkyl halides is 5. The first-order valence-corrected chi connectivity index (χ1v) is 7.26. The van der Waals surface area contributed by atoms with Crippen molar-refractivity contribution < 1.29 is 26.7 Å². The zero-order chi connectivity index (χ0) is 19.1. The minimum Gasteiger partial charge on any atom is -0.275 e. The number of carbonyl (C=O) groups is 1. The molecule has 1 aliphatic heterocycles. The van der Waals surface area contributed by atoms with Crippen molar-refractivity contribution in [3.8, 4) is 0 Å². The van der Waals surface area contributed by atoms with Crippen molar-refractivity contribution in [3.63, 3.8) is 0 Å². The number of nitrogens with zero attached hydrogens (tertiary/aromatic N) is 4. The summed E-state index contributed by atoms with van der Waals surface area (Å²) < 4.78 is 67.8. The van der Waals surface area contributed by atoms with Gasteiger partial charge in [-0.25, -0.2) is 0 Å². The van der Waals surface area contributed by atoms with Crippen LogP contribution in [0.5, 0.6) is 0 Å². The predicted octanol–water partition coefficient (Wildman–Crippen LogP) is 3.40. The molecule has 5 nitrogen and oxygen atoms in total. The minimum atomic E-state index is -5.90. The lowest BCUT2D eigenvalue weighted by Crippen LogP contribution is -2.44. The second-order valence-corrected chi connectivity index (χ2v) is 5.45. The molecule has 136 valence electrons. The number of aromatic nitrogens is 2. The summed E-state index contributed by atoms with van der Waals surface area (Å²) in [6.07, 6.45) is -3.58. The van der Waals surface area contributed by atoms with Crippen LogP contribution in [0.3, 0.4) is 0 Å². The molecule has 1 amide bonds. The average Bonchev–Trinajstić information content (AvgIpc) is 3.12. The summed E-state index contributed by atoms with van der Waals surface area (Å²) in [6.45, 7) is 0. The van der Waals surface area contributed by atoms with Crippen LogP contribution >= 0.6 is 0 Å². The summed E-state index contributed by atoms with van der Waals surface area (Å²) in [6, 6.07) is 8.71. The van der Waals surface area contributed by atoms with Crippen molar-refractivity contribution >= 4 is 23.4 Å². The van der Waals surface area contributed by atoms with Gasteiger partial charge in [0.25, 0.3) is 5.91 Å². The maximum Gasteiger partial charge on any atom is 0.459 e. The van der Waals surface area contributed by atoms with Crippen LogP contribution in [0.2, 0.25) is 0 Å². The van der Waals surface area contributed by atoms with Crippen LogP contribution < -0.4 is 5.01 Å². The zero-order valence-corrected chi connectivity index (χ0v) is 13.2. The molecule has 1 aliphatic rings. The summed E-state index contributed by atoms with van der Waals surface area (Å²) in [4.78, 5) is 12.5. The number of amides is 1. The van der Waals surface area contributed by atoms with Gasteiger partial charge in [-0.1, -0.05) is 18.2 Å². The fourth-order valence-corrected chi connectivity index (χ4v) is 2.31. The van der Waals surface area contributed by atoms with Crippen molar-refractivity contribution in [1.82, 2.24) is 9.78 Å². The van der Waals surface area contributed by atoms with Crippen LogP contribution in [0, 0.1) is 0 Å². The van der Waals surface area contributed by atoms with E-state index in [2.05, 4.69) is 10.2 Å². The largest absolute Gasteiger partial charge is 0.459 e. The van der Waals surface area contributed by atoms with Crippen LogP contribution in [0.15, 0.2) is 53.3 Å². The average molecular weight is 370 g/mol. The first-order valence-electron chi connectivity index (χ1n) is 7.26. The Morgan fingerprint density at radius 3 is 2.23 bits per heavy atom. The minimum absolute atomic E-state index is 0.0523. The monoisotopic (exact) mass is 370 g/mol. The predicted molar refractivity (Wildman–Crippen MR) is 83.6 cm³/mol. The van der Waals surface area contributed by atoms with E-state index < -0.39 is 29.3 Å². The third-order valence-corrected chi connectivity index (χ3v) is 3.56. The lowest BCUT2D eigenvalue weighted by atomic mass is 10.0. The number of carbonyl (C=O) groups excluding carboxylic acids is 1. The highest BCUT2D eigenvalue weighted by Gasteiger charge is 2.64. The highest BCUT2D eigenvalue weighted by molar-refractivity contribution is 6.34. The van der Waals surface area contributed by atoms with Gasteiger partial charge in [0.15, 0.2) is 5.71 Å². The molecule has 0 atom stereocenters. The van der Waals surface area contributed by atoms with Crippen molar-refractivity contribution in [2.45, 2.75) is 12.1 Å². The Balaban J connectivity index is 2.14. The Morgan fingerprint density at radius 1 is 1.04 bits per heavy atom. The Kier molecular flexibility index (Phi) is 4.13. The summed E-state index contributed by atoms with van der Waals surface area (Å²) >= 11 is 0. The van der Waals surface area contributed by atoms with E-state index in [1.807, 2.05) is 0 Å². The molecule has 0 aliphatic carbocycles. The molecule has 2 aromatic rings. The first kappa shape index (κ1) is 17.8. The topological polar surface area (TPSA) is 50.5 Å². The van der Waals surface area contributed by atoms with Crippen molar-refractivity contribution in [1.29, 1.82) is 0 Å². The third kappa shape index (κ3) is 2.98. The Bertz CT molecular complexity index is 899. The molecule has 0 saturated heterocycles. The first-order chi connectivity index (χ1) is 12.1. The standard InChI is InChI=1S/C16H11F5N4O/c1-24-8-7-10(22-24)9-12-13(15(17,18)16(19,20)21)23-25(14(12)26)11-5-3-2-4-6-11/h2-9H,1H3/b12-9+. The number of rotatable bonds is 3. The van der Waals surface area contributed by atoms with E-state index in [1.54, 1.807) is 6.07 Å². The van der Waals surface area contributed by atoms with Crippen molar-refractivity contribution in [2.75, 3.05) is 5.01 Å². The molecule has 26 heavy (non-hydrogen) atoms. The highest BCUT2D eigenvalue weighted by atomic mass is 19.4. The molecule has 0 saturated carbocycles. The molecule has 0 N–H and O–H groups in total. The highest BCUT2D eigenvalue weighted by Crippen LogP contribution is 2.41. The molecule has 2 heterocycles. The van der Waals surface area contributed by atoms with Gasteiger partial charge >= 0.3 is 12.1 Å². The number of aryl methyl sites for hydroxylation is 1. The van der Waals surface area contributed by atoms with E-state index in [9.17, 15) is 26.7 Å². The van der Waals surface area contributed by atoms with Gasteiger partial charge in [-0.2, -0.15) is 37.2 Å². The van der Waals surface area contributed by atoms with Gasteiger partial charge in [0.05, 0.1) is 17.0 Å². The molecule has 1 aromatic heterocycles. The molecule has 0 radical (unpaired) electrons. The summed E-state index contributed by atoms with van der Waals surface area (Å²) in [5.41, 5.74) is -2.41. The Labute approximate surface area is 144 Å². The summed E-state index contributed by atoms with van der Waals surface area (Å²) in [5, 5.41) is 7.68. The smallest absolute Gasteiger partial charge is 0.275 e. The van der Waals surface area contributed by atoms with E-state index in [4.69, 9.17) is 0 Å². The second kappa shape index (κ2) is 6.04. The van der Waals surface area contributed by atoms with Gasteiger partial charge in [-0.05, 0) is 24.3 Å². The number of hydrogen-bond acceptors (Lipinski definition) is 3. The Morgan fingerprint density at radius 2 is 1.69 bits per heavy atom. The van der Waals surface area contributed by atoms with Crippen LogP contribution in [0.1, 0.15) is 5.69 Å². The lowest BCUT2D eigenvalue weighted by molar-refractivity contribution is -0.248. The number of benzene rings is 1. The van der Waals surface area contributed by atoms with Gasteiger partial charge < -0.3 is 0 Å². The second-order valence-electron chi connectivity index (χ2n) is 5.45. The quantitative estimate of drug-likeness (QED) is 0.614. The van der Waals surface area contributed by atoms with Gasteiger partial charge in [0.1, 0.15) is 0 Å². The van der Waals surface area contributed by atoms with Crippen LogP contribution in [-0.2, 0) is 11.8 Å². The fourth-order valence-electron chi connectivity index (χ4n) is 2.31. The van der Waals surface area contributed by atoms with Crippen molar-refractivity contribution in [3.05, 3.63) is 53.9 Å².